The fourth-order valence-electron chi connectivity index (χ4n) is 13.5. The summed E-state index contributed by atoms with van der Waals surface area (Å²) < 4.78 is 23.0. The number of thioether (sulfide) groups is 2. The number of rotatable bonds is 37. The number of imide groups is 1. The van der Waals surface area contributed by atoms with Crippen LogP contribution in [0, 0.1) is 17.8 Å². The number of methoxy groups -OCH3 is 2. The van der Waals surface area contributed by atoms with E-state index in [1.54, 1.807) is 60.2 Å². The summed E-state index contributed by atoms with van der Waals surface area (Å²) in [6.07, 6.45) is 10.9. The summed E-state index contributed by atoms with van der Waals surface area (Å²) in [6, 6.07) is 8.32. The molecule has 6 rings (SSSR count). The molecule has 572 valence electrons. The molecule has 3 unspecified atom stereocenters. The van der Waals surface area contributed by atoms with E-state index in [-0.39, 0.29) is 101 Å². The molecule has 1 saturated heterocycles. The first-order valence-electron chi connectivity index (χ1n) is 36.4. The van der Waals surface area contributed by atoms with Crippen molar-refractivity contribution >= 4 is 99.4 Å². The molecule has 2 aliphatic heterocycles. The van der Waals surface area contributed by atoms with E-state index >= 15 is 0 Å². The fourth-order valence-corrected chi connectivity index (χ4v) is 16.3. The fraction of sp³-hybridized carbons (Fsp3) is 0.671. The van der Waals surface area contributed by atoms with Gasteiger partial charge in [0.1, 0.15) is 6.04 Å². The lowest BCUT2D eigenvalue weighted by atomic mass is 9.90. The van der Waals surface area contributed by atoms with Crippen LogP contribution in [-0.2, 0) is 75.2 Å². The van der Waals surface area contributed by atoms with E-state index in [2.05, 4.69) is 42.5 Å². The van der Waals surface area contributed by atoms with Crippen molar-refractivity contribution in [2.75, 3.05) is 106 Å². The number of amides is 11. The van der Waals surface area contributed by atoms with Crippen LogP contribution in [0.15, 0.2) is 42.5 Å². The predicted molar refractivity (Wildman–Crippen MR) is 399 cm³/mol. The van der Waals surface area contributed by atoms with Crippen LogP contribution in [0.2, 0.25) is 0 Å². The molecule has 11 amide bonds. The Bertz CT molecular complexity index is 3270. The van der Waals surface area contributed by atoms with Gasteiger partial charge in [0.05, 0.1) is 111 Å². The van der Waals surface area contributed by atoms with Crippen LogP contribution < -0.4 is 48.3 Å². The third-order valence-corrected chi connectivity index (χ3v) is 22.0. The van der Waals surface area contributed by atoms with Crippen molar-refractivity contribution in [3.05, 3.63) is 65.0 Å². The van der Waals surface area contributed by atoms with Crippen molar-refractivity contribution in [3.8, 4) is 0 Å². The zero-order valence-electron chi connectivity index (χ0n) is 62.2. The topological polar surface area (TPSA) is 365 Å². The Kier molecular flexibility index (Phi) is 36.3. The molecular formula is C73H114N14O14S2. The van der Waals surface area contributed by atoms with Crippen LogP contribution in [0.25, 0.3) is 11.0 Å². The van der Waals surface area contributed by atoms with Gasteiger partial charge in [-0.05, 0) is 107 Å². The molecule has 3 aromatic rings. The van der Waals surface area contributed by atoms with Crippen molar-refractivity contribution < 1.29 is 66.9 Å². The largest absolute Gasteiger partial charge is 0.379 e. The highest BCUT2D eigenvalue weighted by atomic mass is 32.2. The van der Waals surface area contributed by atoms with E-state index in [1.807, 2.05) is 76.3 Å². The molecule has 103 heavy (non-hydrogen) atoms. The van der Waals surface area contributed by atoms with Gasteiger partial charge in [0, 0.05) is 86.6 Å². The zero-order chi connectivity index (χ0) is 75.1. The number of likely N-dealkylation sites (tertiary alicyclic amines) is 1. The summed E-state index contributed by atoms with van der Waals surface area (Å²) in [5.74, 6) is -3.17. The maximum atomic E-state index is 14.2. The quantitative estimate of drug-likeness (QED) is 0.0349. The van der Waals surface area contributed by atoms with Crippen molar-refractivity contribution in [2.24, 2.45) is 23.5 Å². The van der Waals surface area contributed by atoms with E-state index in [0.29, 0.717) is 53.1 Å². The number of hydrogen-bond acceptors (Lipinski definition) is 20. The van der Waals surface area contributed by atoms with E-state index in [0.717, 1.165) is 34.0 Å². The molecule has 0 spiro atoms. The first kappa shape index (κ1) is 84.9. The van der Waals surface area contributed by atoms with Crippen molar-refractivity contribution in [1.29, 1.82) is 0 Å². The second-order valence-electron chi connectivity index (χ2n) is 27.6. The number of nitrogens with one attached hydrogen (secondary N) is 8. The number of carbonyl (C=O) groups excluding carboxylic acids is 10. The minimum absolute atomic E-state index is 0.0186. The van der Waals surface area contributed by atoms with Gasteiger partial charge in [-0.1, -0.05) is 85.3 Å². The van der Waals surface area contributed by atoms with Crippen molar-refractivity contribution in [1.82, 2.24) is 61.9 Å². The van der Waals surface area contributed by atoms with Gasteiger partial charge in [-0.3, -0.25) is 53.4 Å². The van der Waals surface area contributed by atoms with Gasteiger partial charge in [0.15, 0.2) is 0 Å². The molecule has 2 bridgehead atoms. The molecule has 1 aliphatic carbocycles. The number of urea groups is 1. The third kappa shape index (κ3) is 27.4. The standard InChI is InChI=1S/C73H114N14O14S2/c1-12-46(4)67(86(9)65(92)42-78-72(96)66(45(2)3)85(7)8)60(98-10)38-64(91)87-30-18-21-59(87)68(99-11)47(5)69(93)84-73(97)81-52(39-74)35-49-22-25-51(26-23-49)80-63(90)41-77-70(94)48(6)79-62(89)40-76-61(88)28-31-100-33-34-101-32-29-75-71(95)50-24-27-55-56(36-50)83-58-44-103-54-20-17-15-13-14-16-19-53(37-54)102-43-57(58)82-55/h22-27,36,45-48,52-54,59-60,66-68H,12-21,28-35,37-44,74H2,1-11H3,(H,75,95)(H,76,88)(H,77,94)(H,78,96)(H,79,89)(H,80,90)(H2,81,84,93,97)/t46-,47+,48-,52-,53?,54?,59-,60+,66?,67-,68+/m0/s1. The minimum Gasteiger partial charge on any atom is -0.379 e. The maximum Gasteiger partial charge on any atom is 0.321 e. The van der Waals surface area contributed by atoms with Crippen LogP contribution in [0.3, 0.4) is 0 Å². The Morgan fingerprint density at radius 2 is 1.32 bits per heavy atom. The van der Waals surface area contributed by atoms with Gasteiger partial charge >= 0.3 is 6.03 Å². The zero-order valence-corrected chi connectivity index (χ0v) is 63.8. The number of nitrogens with two attached hydrogens (primary N) is 1. The van der Waals surface area contributed by atoms with Gasteiger partial charge in [-0.25, -0.2) is 14.8 Å². The molecule has 30 heteroatoms. The van der Waals surface area contributed by atoms with Crippen LogP contribution in [0.5, 0.6) is 0 Å². The molecule has 28 nitrogen and oxygen atoms in total. The first-order chi connectivity index (χ1) is 49.3. The van der Waals surface area contributed by atoms with Crippen LogP contribution in [-0.4, -0.2) is 238 Å². The molecule has 3 heterocycles. The smallest absolute Gasteiger partial charge is 0.321 e. The lowest BCUT2D eigenvalue weighted by Gasteiger charge is -2.39. The Labute approximate surface area is 615 Å². The number of benzene rings is 2. The number of aromatic nitrogens is 2. The number of nitrogens with zero attached hydrogens (tertiary/aromatic N) is 5. The van der Waals surface area contributed by atoms with E-state index in [1.165, 1.54) is 72.5 Å². The molecule has 2 fully saturated rings. The van der Waals surface area contributed by atoms with Crippen molar-refractivity contribution in [3.63, 3.8) is 0 Å². The van der Waals surface area contributed by atoms with Crippen LogP contribution in [0.4, 0.5) is 10.5 Å². The highest BCUT2D eigenvalue weighted by Gasteiger charge is 2.43. The molecule has 0 radical (unpaired) electrons. The summed E-state index contributed by atoms with van der Waals surface area (Å²) in [5, 5.41) is 22.3. The summed E-state index contributed by atoms with van der Waals surface area (Å²) in [7, 11) is 8.24. The molecular weight excluding hydrogens is 1360 g/mol. The summed E-state index contributed by atoms with van der Waals surface area (Å²) in [5.41, 5.74) is 11.3. The Balaban J connectivity index is 0.820. The Morgan fingerprint density at radius 1 is 0.680 bits per heavy atom. The average Bonchev–Trinajstić information content (AvgIpc) is 1.80. The highest BCUT2D eigenvalue weighted by molar-refractivity contribution is 8.00. The van der Waals surface area contributed by atoms with Crippen LogP contribution in [0.1, 0.15) is 152 Å². The highest BCUT2D eigenvalue weighted by Crippen LogP contribution is 2.38. The average molecular weight is 1480 g/mol. The van der Waals surface area contributed by atoms with Gasteiger partial charge in [-0.2, -0.15) is 23.5 Å². The Hall–Kier alpha value is -7.06. The van der Waals surface area contributed by atoms with Crippen molar-refractivity contribution in [2.45, 2.75) is 196 Å². The molecule has 1 saturated carbocycles. The maximum absolute atomic E-state index is 14.2. The summed E-state index contributed by atoms with van der Waals surface area (Å²) in [6.45, 7) is 11.4. The van der Waals surface area contributed by atoms with E-state index < -0.39 is 97.0 Å². The second-order valence-corrected chi connectivity index (χ2v) is 30.2. The SMILES string of the molecule is CC[C@H](C)[C@@H]([C@@H](CC(=O)N1CCC[C@H]1[C@H](OC)[C@@H](C)C(=O)NC(=O)N[C@H](CN)Cc1ccc(NC(=O)CNC(=O)[C@H](C)NC(=O)CNC(=O)CCOCCOCCNC(=O)c2ccc3nc4c(nc3c2)CSC2CCCCCCCC(C2)SC4)cc1)OC)N(C)C(=O)CNC(=O)C(C(C)C)N(C)C. The number of hydrogen-bond donors (Lipinski definition) is 9. The first-order valence-corrected chi connectivity index (χ1v) is 38.5. The number of likely N-dealkylation sites (N-methyl/N-ethyl adjacent to an activating group) is 2. The van der Waals surface area contributed by atoms with E-state index in [4.69, 9.17) is 34.6 Å². The molecule has 3 aliphatic rings. The number of carbonyl (C=O) groups is 10. The van der Waals surface area contributed by atoms with Gasteiger partial charge in [-0.15, -0.1) is 0 Å². The van der Waals surface area contributed by atoms with Crippen LogP contribution >= 0.6 is 23.5 Å². The number of ether oxygens (including phenoxy) is 4. The molecule has 10 N–H and O–H groups in total. The normalized spacial score (nSPS) is 18.7. The third-order valence-electron chi connectivity index (χ3n) is 19.3. The lowest BCUT2D eigenvalue weighted by Crippen LogP contribution is -2.55. The monoisotopic (exact) mass is 1470 g/mol. The minimum atomic E-state index is -1.03. The lowest BCUT2D eigenvalue weighted by molar-refractivity contribution is -0.145. The van der Waals surface area contributed by atoms with Gasteiger partial charge in [0.2, 0.25) is 47.3 Å². The van der Waals surface area contributed by atoms with Gasteiger partial charge < -0.3 is 71.7 Å². The van der Waals surface area contributed by atoms with Gasteiger partial charge in [0.25, 0.3) is 5.91 Å². The van der Waals surface area contributed by atoms with E-state index in [9.17, 15) is 47.9 Å². The second kappa shape index (κ2) is 44.0. The summed E-state index contributed by atoms with van der Waals surface area (Å²) in [4.78, 5) is 147. The molecule has 2 aromatic carbocycles. The summed E-state index contributed by atoms with van der Waals surface area (Å²) >= 11 is 4.04. The number of anilines is 1. The predicted octanol–water partition coefficient (Wildman–Crippen LogP) is 4.83. The molecule has 1 aromatic heterocycles. The number of fused-ring (bicyclic) bond motifs is 4. The Morgan fingerprint density at radius 3 is 1.95 bits per heavy atom. The molecule has 11 atom stereocenters.